The van der Waals surface area contributed by atoms with E-state index in [9.17, 15) is 18.4 Å². The Morgan fingerprint density at radius 1 is 0.967 bits per heavy atom. The van der Waals surface area contributed by atoms with Crippen LogP contribution in [-0.2, 0) is 18.1 Å². The molecule has 1 atom stereocenters. The van der Waals surface area contributed by atoms with Crippen molar-refractivity contribution in [3.8, 4) is 6.07 Å². The molecule has 1 aliphatic rings. The van der Waals surface area contributed by atoms with Crippen molar-refractivity contribution in [3.05, 3.63) is 71.3 Å². The van der Waals surface area contributed by atoms with E-state index >= 15 is 0 Å². The molecule has 0 spiro atoms. The van der Waals surface area contributed by atoms with Crippen LogP contribution in [0.1, 0.15) is 55.7 Å². The molecule has 2 nitrogen and oxygen atoms in total. The summed E-state index contributed by atoms with van der Waals surface area (Å²) in [5.74, 6) is 0.0137. The van der Waals surface area contributed by atoms with Gasteiger partial charge in [-0.1, -0.05) is 55.5 Å². The van der Waals surface area contributed by atoms with Gasteiger partial charge in [-0.05, 0) is 68.3 Å². The van der Waals surface area contributed by atoms with E-state index in [-0.39, 0.29) is 11.5 Å². The first-order chi connectivity index (χ1) is 14.4. The Hall–Kier alpha value is -2.32. The number of nitrogens with zero attached hydrogens (tertiary/aromatic N) is 2. The molecule has 1 unspecified atom stereocenters. The fourth-order valence-electron chi connectivity index (χ4n) is 4.47. The lowest BCUT2D eigenvalue weighted by Gasteiger charge is -2.31. The Morgan fingerprint density at radius 3 is 2.17 bits per heavy atom. The summed E-state index contributed by atoms with van der Waals surface area (Å²) in [6, 6.07) is 18.2. The molecule has 0 aromatic heterocycles. The van der Waals surface area contributed by atoms with Gasteiger partial charge < -0.3 is 0 Å². The maximum atomic E-state index is 13.7. The predicted octanol–water partition coefficient (Wildman–Crippen LogP) is 6.57. The van der Waals surface area contributed by atoms with Crippen molar-refractivity contribution in [1.29, 1.82) is 5.26 Å². The van der Waals surface area contributed by atoms with Gasteiger partial charge >= 0.3 is 6.18 Å². The summed E-state index contributed by atoms with van der Waals surface area (Å²) in [6.07, 6.45) is -0.644. The van der Waals surface area contributed by atoms with Crippen LogP contribution in [0, 0.1) is 17.2 Å². The van der Waals surface area contributed by atoms with Crippen LogP contribution >= 0.6 is 0 Å². The first-order valence-electron chi connectivity index (χ1n) is 10.7. The highest BCUT2D eigenvalue weighted by Gasteiger charge is 2.50. The fourth-order valence-corrected chi connectivity index (χ4v) is 4.47. The largest absolute Gasteiger partial charge is 0.416 e. The minimum atomic E-state index is -4.45. The molecule has 0 aliphatic heterocycles. The monoisotopic (exact) mass is 414 g/mol. The number of hydrogen-bond donors (Lipinski definition) is 0. The molecule has 5 heteroatoms. The smallest absolute Gasteiger partial charge is 0.299 e. The van der Waals surface area contributed by atoms with Crippen LogP contribution < -0.4 is 0 Å². The third-order valence-corrected chi connectivity index (χ3v) is 6.02. The first kappa shape index (κ1) is 22.4. The molecule has 0 radical (unpaired) electrons. The highest BCUT2D eigenvalue weighted by atomic mass is 19.4. The zero-order valence-electron chi connectivity index (χ0n) is 17.5. The third kappa shape index (κ3) is 5.23. The lowest BCUT2D eigenvalue weighted by molar-refractivity contribution is -0.138. The lowest BCUT2D eigenvalue weighted by atomic mass is 9.72. The minimum absolute atomic E-state index is 0.0137. The third-order valence-electron chi connectivity index (χ3n) is 6.02. The standard InChI is InChI=1S/C25H29F3N2/c1-2-16-30(18-20-9-4-3-5-10-20)17-8-15-24(19-29,21-13-14-21)22-11-6-7-12-23(22)25(26,27)28/h3-7,9-12,21H,2,8,13-18H2,1H3. The molecule has 0 amide bonds. The number of benzene rings is 2. The molecule has 3 rings (SSSR count). The maximum absolute atomic E-state index is 13.7. The Kier molecular flexibility index (Phi) is 7.20. The highest BCUT2D eigenvalue weighted by Crippen LogP contribution is 2.52. The van der Waals surface area contributed by atoms with Crippen LogP contribution in [-0.4, -0.2) is 18.0 Å². The summed E-state index contributed by atoms with van der Waals surface area (Å²) in [7, 11) is 0. The SMILES string of the molecule is CCCN(CCCC(C#N)(c1ccccc1C(F)(F)F)C1CC1)Cc1ccccc1. The van der Waals surface area contributed by atoms with E-state index in [1.165, 1.54) is 17.7 Å². The minimum Gasteiger partial charge on any atom is -0.299 e. The number of halogens is 3. The van der Waals surface area contributed by atoms with E-state index < -0.39 is 17.2 Å². The Morgan fingerprint density at radius 2 is 1.60 bits per heavy atom. The Balaban J connectivity index is 1.77. The average molecular weight is 415 g/mol. The predicted molar refractivity (Wildman–Crippen MR) is 113 cm³/mol. The summed E-state index contributed by atoms with van der Waals surface area (Å²) in [5, 5.41) is 10.1. The fraction of sp³-hybridized carbons (Fsp3) is 0.480. The van der Waals surface area contributed by atoms with Crippen molar-refractivity contribution in [2.75, 3.05) is 13.1 Å². The summed E-state index contributed by atoms with van der Waals surface area (Å²) in [4.78, 5) is 2.33. The maximum Gasteiger partial charge on any atom is 0.416 e. The lowest BCUT2D eigenvalue weighted by Crippen LogP contribution is -2.32. The van der Waals surface area contributed by atoms with E-state index in [2.05, 4.69) is 30.0 Å². The van der Waals surface area contributed by atoms with Gasteiger partial charge in [0.05, 0.1) is 17.0 Å². The van der Waals surface area contributed by atoms with Crippen molar-refractivity contribution in [2.45, 2.75) is 57.2 Å². The topological polar surface area (TPSA) is 27.0 Å². The van der Waals surface area contributed by atoms with Gasteiger partial charge in [0.1, 0.15) is 0 Å². The molecule has 2 aromatic carbocycles. The van der Waals surface area contributed by atoms with Gasteiger partial charge in [-0.3, -0.25) is 4.90 Å². The average Bonchev–Trinajstić information content (AvgIpc) is 3.57. The zero-order chi connectivity index (χ0) is 21.6. The normalized spacial score (nSPS) is 16.3. The van der Waals surface area contributed by atoms with Crippen LogP contribution in [0.15, 0.2) is 54.6 Å². The summed E-state index contributed by atoms with van der Waals surface area (Å²) in [6.45, 7) is 4.64. The van der Waals surface area contributed by atoms with Crippen LogP contribution in [0.4, 0.5) is 13.2 Å². The molecule has 160 valence electrons. The highest BCUT2D eigenvalue weighted by molar-refractivity contribution is 5.43. The summed E-state index contributed by atoms with van der Waals surface area (Å²) in [5.41, 5.74) is -0.334. The van der Waals surface area contributed by atoms with Crippen LogP contribution in [0.5, 0.6) is 0 Å². The molecule has 1 aliphatic carbocycles. The molecule has 1 saturated carbocycles. The number of hydrogen-bond acceptors (Lipinski definition) is 2. The second-order valence-electron chi connectivity index (χ2n) is 8.27. The summed E-state index contributed by atoms with van der Waals surface area (Å²) >= 11 is 0. The van der Waals surface area contributed by atoms with Crippen molar-refractivity contribution in [2.24, 2.45) is 5.92 Å². The first-order valence-corrected chi connectivity index (χ1v) is 10.7. The molecular weight excluding hydrogens is 385 g/mol. The van der Waals surface area contributed by atoms with E-state index in [0.717, 1.165) is 45.0 Å². The van der Waals surface area contributed by atoms with Crippen molar-refractivity contribution in [1.82, 2.24) is 4.90 Å². The zero-order valence-corrected chi connectivity index (χ0v) is 17.5. The number of alkyl halides is 3. The molecule has 0 heterocycles. The van der Waals surface area contributed by atoms with Crippen LogP contribution in [0.2, 0.25) is 0 Å². The van der Waals surface area contributed by atoms with Crippen LogP contribution in [0.25, 0.3) is 0 Å². The Labute approximate surface area is 177 Å². The van der Waals surface area contributed by atoms with Gasteiger partial charge in [0, 0.05) is 6.54 Å². The van der Waals surface area contributed by atoms with E-state index in [0.29, 0.717) is 12.8 Å². The van der Waals surface area contributed by atoms with Gasteiger partial charge in [0.25, 0.3) is 0 Å². The van der Waals surface area contributed by atoms with Gasteiger partial charge in [-0.15, -0.1) is 0 Å². The van der Waals surface area contributed by atoms with E-state index in [1.54, 1.807) is 6.07 Å². The second-order valence-corrected chi connectivity index (χ2v) is 8.27. The van der Waals surface area contributed by atoms with Gasteiger partial charge in [0.2, 0.25) is 0 Å². The molecule has 30 heavy (non-hydrogen) atoms. The summed E-state index contributed by atoms with van der Waals surface area (Å²) < 4.78 is 41.0. The molecule has 0 N–H and O–H groups in total. The van der Waals surface area contributed by atoms with Crippen LogP contribution in [0.3, 0.4) is 0 Å². The number of nitriles is 1. The van der Waals surface area contributed by atoms with E-state index in [1.807, 2.05) is 18.2 Å². The van der Waals surface area contributed by atoms with Crippen molar-refractivity contribution >= 4 is 0 Å². The quantitative estimate of drug-likeness (QED) is 0.440. The Bertz CT molecular complexity index is 853. The molecule has 0 bridgehead atoms. The van der Waals surface area contributed by atoms with E-state index in [4.69, 9.17) is 0 Å². The molecule has 1 fully saturated rings. The van der Waals surface area contributed by atoms with Gasteiger partial charge in [-0.2, -0.15) is 18.4 Å². The number of rotatable bonds is 10. The molecular formula is C25H29F3N2. The van der Waals surface area contributed by atoms with Crippen molar-refractivity contribution < 1.29 is 13.2 Å². The molecule has 2 aromatic rings. The van der Waals surface area contributed by atoms with Crippen molar-refractivity contribution in [3.63, 3.8) is 0 Å². The molecule has 0 saturated heterocycles. The second kappa shape index (κ2) is 9.66. The van der Waals surface area contributed by atoms with Gasteiger partial charge in [0.15, 0.2) is 0 Å². The van der Waals surface area contributed by atoms with Gasteiger partial charge in [-0.25, -0.2) is 0 Å².